The van der Waals surface area contributed by atoms with E-state index in [4.69, 9.17) is 9.52 Å². The number of hydrogen-bond acceptors (Lipinski definition) is 3. The number of hydrogen-bond donors (Lipinski definition) is 1. The van der Waals surface area contributed by atoms with Crippen molar-refractivity contribution in [2.75, 3.05) is 13.6 Å². The van der Waals surface area contributed by atoms with Crippen LogP contribution >= 0.6 is 0 Å². The lowest BCUT2D eigenvalue weighted by Gasteiger charge is -2.16. The lowest BCUT2D eigenvalue weighted by molar-refractivity contribution is -0.137. The summed E-state index contributed by atoms with van der Waals surface area (Å²) in [6.07, 6.45) is -3.93. The molecule has 1 heterocycles. The Labute approximate surface area is 95.6 Å². The quantitative estimate of drug-likeness (QED) is 0.872. The predicted octanol–water partition coefficient (Wildman–Crippen LogP) is 2.36. The van der Waals surface area contributed by atoms with Crippen LogP contribution in [0, 0.1) is 0 Å². The van der Waals surface area contributed by atoms with Crippen molar-refractivity contribution in [1.29, 1.82) is 0 Å². The summed E-state index contributed by atoms with van der Waals surface area (Å²) in [7, 11) is 1.49. The second-order valence-electron chi connectivity index (χ2n) is 3.68. The zero-order valence-electron chi connectivity index (χ0n) is 9.12. The van der Waals surface area contributed by atoms with Crippen LogP contribution in [-0.4, -0.2) is 35.7 Å². The zero-order valence-corrected chi connectivity index (χ0v) is 9.12. The molecule has 0 aromatic carbocycles. The first kappa shape index (κ1) is 13.6. The second-order valence-corrected chi connectivity index (χ2v) is 3.68. The van der Waals surface area contributed by atoms with Gasteiger partial charge in [0.1, 0.15) is 0 Å². The molecule has 0 aliphatic rings. The molecule has 0 atom stereocenters. The number of carboxylic acid groups (broad SMARTS) is 1. The molecule has 0 spiro atoms. The lowest BCUT2D eigenvalue weighted by atomic mass is 10.2. The summed E-state index contributed by atoms with van der Waals surface area (Å²) in [6.45, 7) is -0.0814. The minimum Gasteiger partial charge on any atom is -0.475 e. The van der Waals surface area contributed by atoms with Gasteiger partial charge >= 0.3 is 12.1 Å². The van der Waals surface area contributed by atoms with Crippen LogP contribution in [0.5, 0.6) is 0 Å². The molecule has 0 saturated heterocycles. The molecule has 0 bridgehead atoms. The van der Waals surface area contributed by atoms with Gasteiger partial charge in [-0.15, -0.1) is 0 Å². The van der Waals surface area contributed by atoms with Crippen molar-refractivity contribution >= 4 is 5.97 Å². The summed E-state index contributed by atoms with van der Waals surface area (Å²) in [5.74, 6) is -1.46. The van der Waals surface area contributed by atoms with Crippen LogP contribution in [0.1, 0.15) is 22.5 Å². The van der Waals surface area contributed by atoms with Crippen LogP contribution in [-0.2, 0) is 6.54 Å². The maximum Gasteiger partial charge on any atom is 0.390 e. The highest BCUT2D eigenvalue weighted by Crippen LogP contribution is 2.20. The van der Waals surface area contributed by atoms with Gasteiger partial charge in [-0.05, 0) is 13.1 Å². The van der Waals surface area contributed by atoms with Crippen molar-refractivity contribution in [2.45, 2.75) is 19.1 Å². The molecule has 1 aromatic rings. The van der Waals surface area contributed by atoms with E-state index >= 15 is 0 Å². The van der Waals surface area contributed by atoms with E-state index in [1.54, 1.807) is 0 Å². The van der Waals surface area contributed by atoms with Gasteiger partial charge in [0.25, 0.3) is 0 Å². The zero-order chi connectivity index (χ0) is 13.1. The molecule has 0 amide bonds. The minimum atomic E-state index is -4.21. The third-order valence-corrected chi connectivity index (χ3v) is 2.16. The van der Waals surface area contributed by atoms with Crippen molar-refractivity contribution in [1.82, 2.24) is 4.90 Å². The first-order chi connectivity index (χ1) is 7.79. The van der Waals surface area contributed by atoms with Crippen LogP contribution in [0.4, 0.5) is 13.2 Å². The van der Waals surface area contributed by atoms with Crippen LogP contribution in [0.3, 0.4) is 0 Å². The van der Waals surface area contributed by atoms with Crippen LogP contribution in [0.25, 0.3) is 0 Å². The van der Waals surface area contributed by atoms with E-state index in [1.165, 1.54) is 24.3 Å². The van der Waals surface area contributed by atoms with Crippen molar-refractivity contribution in [3.63, 3.8) is 0 Å². The fourth-order valence-electron chi connectivity index (χ4n) is 1.34. The first-order valence-electron chi connectivity index (χ1n) is 4.84. The highest BCUT2D eigenvalue weighted by molar-refractivity contribution is 5.86. The van der Waals surface area contributed by atoms with Gasteiger partial charge in [0.05, 0.1) is 12.7 Å². The number of nitrogens with zero attached hydrogens (tertiary/aromatic N) is 1. The summed E-state index contributed by atoms with van der Waals surface area (Å²) >= 11 is 0. The average Bonchev–Trinajstić information content (AvgIpc) is 2.62. The van der Waals surface area contributed by atoms with E-state index in [0.717, 1.165) is 0 Å². The van der Waals surface area contributed by atoms with E-state index in [9.17, 15) is 18.0 Å². The van der Waals surface area contributed by atoms with Gasteiger partial charge in [0, 0.05) is 18.7 Å². The van der Waals surface area contributed by atoms with Gasteiger partial charge < -0.3 is 14.4 Å². The Balaban J connectivity index is 2.53. The van der Waals surface area contributed by atoms with Crippen LogP contribution in [0.2, 0.25) is 0 Å². The van der Waals surface area contributed by atoms with E-state index in [-0.39, 0.29) is 18.8 Å². The molecular formula is C10H12F3NO3. The Morgan fingerprint density at radius 1 is 1.53 bits per heavy atom. The van der Waals surface area contributed by atoms with E-state index in [1.807, 2.05) is 0 Å². The Morgan fingerprint density at radius 2 is 2.18 bits per heavy atom. The fraction of sp³-hybridized carbons (Fsp3) is 0.500. The smallest absolute Gasteiger partial charge is 0.390 e. The molecule has 0 aliphatic carbocycles. The van der Waals surface area contributed by atoms with Crippen LogP contribution < -0.4 is 0 Å². The average molecular weight is 251 g/mol. The molecule has 0 unspecified atom stereocenters. The maximum atomic E-state index is 12.0. The summed E-state index contributed by atoms with van der Waals surface area (Å²) in [4.78, 5) is 12.1. The summed E-state index contributed by atoms with van der Waals surface area (Å²) < 4.78 is 40.6. The summed E-state index contributed by atoms with van der Waals surface area (Å²) in [6, 6.07) is 1.44. The minimum absolute atomic E-state index is 0.105. The number of aromatic carboxylic acids is 1. The number of furan rings is 1. The molecule has 0 aliphatic heterocycles. The topological polar surface area (TPSA) is 53.7 Å². The number of alkyl halides is 3. The molecule has 1 N–H and O–H groups in total. The fourth-order valence-corrected chi connectivity index (χ4v) is 1.34. The maximum absolute atomic E-state index is 12.0. The molecule has 4 nitrogen and oxygen atoms in total. The Kier molecular flexibility index (Phi) is 4.17. The SMILES string of the molecule is CN(CCC(F)(F)F)Cc1ccoc1C(=O)O. The molecule has 0 saturated carbocycles. The highest BCUT2D eigenvalue weighted by atomic mass is 19.4. The molecule has 96 valence electrons. The van der Waals surface area contributed by atoms with Crippen molar-refractivity contribution < 1.29 is 27.5 Å². The Bertz CT molecular complexity index is 386. The van der Waals surface area contributed by atoms with E-state index in [0.29, 0.717) is 5.56 Å². The number of carbonyl (C=O) groups is 1. The molecule has 1 rings (SSSR count). The molecule has 17 heavy (non-hydrogen) atoms. The van der Waals surface area contributed by atoms with Gasteiger partial charge in [-0.1, -0.05) is 0 Å². The van der Waals surface area contributed by atoms with Gasteiger partial charge in [0.15, 0.2) is 0 Å². The Hall–Kier alpha value is -1.50. The number of carboxylic acids is 1. The monoisotopic (exact) mass is 251 g/mol. The lowest BCUT2D eigenvalue weighted by Crippen LogP contribution is -2.24. The summed E-state index contributed by atoms with van der Waals surface area (Å²) in [5, 5.41) is 8.73. The molecule has 0 radical (unpaired) electrons. The molecule has 1 aromatic heterocycles. The largest absolute Gasteiger partial charge is 0.475 e. The van der Waals surface area contributed by atoms with Gasteiger partial charge in [-0.25, -0.2) is 4.79 Å². The molecule has 0 fully saturated rings. The van der Waals surface area contributed by atoms with Crippen molar-refractivity contribution in [2.24, 2.45) is 0 Å². The third-order valence-electron chi connectivity index (χ3n) is 2.16. The molecule has 7 heteroatoms. The normalized spacial score (nSPS) is 12.1. The van der Waals surface area contributed by atoms with Crippen molar-refractivity contribution in [3.05, 3.63) is 23.7 Å². The predicted molar refractivity (Wildman–Crippen MR) is 52.7 cm³/mol. The number of rotatable bonds is 5. The highest BCUT2D eigenvalue weighted by Gasteiger charge is 2.27. The van der Waals surface area contributed by atoms with Gasteiger partial charge in [0.2, 0.25) is 5.76 Å². The molecular weight excluding hydrogens is 239 g/mol. The van der Waals surface area contributed by atoms with E-state index in [2.05, 4.69) is 0 Å². The standard InChI is InChI=1S/C10H12F3NO3/c1-14(4-3-10(11,12)13)6-7-2-5-17-8(7)9(15)16/h2,5H,3-4,6H2,1H3,(H,15,16). The van der Waals surface area contributed by atoms with Gasteiger partial charge in [-0.3, -0.25) is 0 Å². The van der Waals surface area contributed by atoms with Gasteiger partial charge in [-0.2, -0.15) is 13.2 Å². The number of halogens is 3. The first-order valence-corrected chi connectivity index (χ1v) is 4.84. The summed E-state index contributed by atoms with van der Waals surface area (Å²) in [5.41, 5.74) is 0.363. The van der Waals surface area contributed by atoms with Crippen LogP contribution in [0.15, 0.2) is 16.7 Å². The van der Waals surface area contributed by atoms with Crippen molar-refractivity contribution in [3.8, 4) is 0 Å². The second kappa shape index (κ2) is 5.22. The third kappa shape index (κ3) is 4.48. The Morgan fingerprint density at radius 3 is 2.71 bits per heavy atom. The van der Waals surface area contributed by atoms with E-state index < -0.39 is 18.6 Å².